The first-order chi connectivity index (χ1) is 18.5. The molecule has 3 heterocycles. The average Bonchev–Trinajstić information content (AvgIpc) is 3.56. The van der Waals surface area contributed by atoms with Crippen LogP contribution in [0.15, 0.2) is 59.5 Å². The zero-order chi connectivity index (χ0) is 26.2. The molecule has 2 aromatic carbocycles. The molecule has 0 spiro atoms. The SMILES string of the molecule is Cc1cccc(CN2CCC(CNC(=O)c3cn(C4CCCC4)c(=O)c4c3c3ccccc3n4C)CC2)c1. The van der Waals surface area contributed by atoms with Gasteiger partial charge in [-0.25, -0.2) is 0 Å². The maximum absolute atomic E-state index is 13.7. The molecule has 2 aromatic heterocycles. The number of amides is 1. The van der Waals surface area contributed by atoms with Crippen molar-refractivity contribution < 1.29 is 4.79 Å². The number of aryl methyl sites for hydroxylation is 2. The molecule has 6 heteroatoms. The van der Waals surface area contributed by atoms with Gasteiger partial charge in [-0.05, 0) is 63.2 Å². The highest BCUT2D eigenvalue weighted by molar-refractivity contribution is 6.17. The number of aromatic nitrogens is 2. The van der Waals surface area contributed by atoms with Crippen LogP contribution in [0.2, 0.25) is 0 Å². The normalized spacial score (nSPS) is 17.5. The summed E-state index contributed by atoms with van der Waals surface area (Å²) in [5.41, 5.74) is 4.94. The molecular weight excluding hydrogens is 472 g/mol. The summed E-state index contributed by atoms with van der Waals surface area (Å²) in [6, 6.07) is 17.0. The van der Waals surface area contributed by atoms with Crippen molar-refractivity contribution >= 4 is 27.7 Å². The third kappa shape index (κ3) is 4.66. The molecule has 1 N–H and O–H groups in total. The Bertz CT molecular complexity index is 1530. The minimum Gasteiger partial charge on any atom is -0.352 e. The molecule has 1 saturated heterocycles. The molecule has 6 nitrogen and oxygen atoms in total. The fourth-order valence-electron chi connectivity index (χ4n) is 6.68. The Balaban J connectivity index is 1.21. The van der Waals surface area contributed by atoms with E-state index in [1.807, 2.05) is 46.6 Å². The molecule has 1 aliphatic heterocycles. The summed E-state index contributed by atoms with van der Waals surface area (Å²) >= 11 is 0. The zero-order valence-corrected chi connectivity index (χ0v) is 22.6. The van der Waals surface area contributed by atoms with Crippen LogP contribution >= 0.6 is 0 Å². The lowest BCUT2D eigenvalue weighted by Gasteiger charge is -2.32. The predicted molar refractivity (Wildman–Crippen MR) is 154 cm³/mol. The Morgan fingerprint density at radius 2 is 1.76 bits per heavy atom. The van der Waals surface area contributed by atoms with E-state index in [9.17, 15) is 9.59 Å². The number of fused-ring (bicyclic) bond motifs is 3. The number of likely N-dealkylation sites (tertiary alicyclic amines) is 1. The lowest BCUT2D eigenvalue weighted by Crippen LogP contribution is -2.38. The van der Waals surface area contributed by atoms with Gasteiger partial charge < -0.3 is 14.5 Å². The van der Waals surface area contributed by atoms with Crippen LogP contribution in [0, 0.1) is 12.8 Å². The lowest BCUT2D eigenvalue weighted by molar-refractivity contribution is 0.0936. The van der Waals surface area contributed by atoms with Gasteiger partial charge in [0.2, 0.25) is 0 Å². The second-order valence-electron chi connectivity index (χ2n) is 11.4. The molecule has 1 amide bonds. The smallest absolute Gasteiger partial charge is 0.275 e. The summed E-state index contributed by atoms with van der Waals surface area (Å²) < 4.78 is 3.83. The Kier molecular flexibility index (Phi) is 6.83. The van der Waals surface area contributed by atoms with E-state index in [0.717, 1.165) is 74.4 Å². The monoisotopic (exact) mass is 510 g/mol. The second-order valence-corrected chi connectivity index (χ2v) is 11.4. The van der Waals surface area contributed by atoms with E-state index < -0.39 is 0 Å². The second kappa shape index (κ2) is 10.4. The van der Waals surface area contributed by atoms with Crippen molar-refractivity contribution in [1.29, 1.82) is 0 Å². The van der Waals surface area contributed by atoms with E-state index in [0.29, 0.717) is 23.5 Å². The minimum atomic E-state index is -0.0692. The summed E-state index contributed by atoms with van der Waals surface area (Å²) in [7, 11) is 1.94. The van der Waals surface area contributed by atoms with Crippen molar-refractivity contribution in [3.05, 3.63) is 81.8 Å². The van der Waals surface area contributed by atoms with Gasteiger partial charge in [0.1, 0.15) is 5.52 Å². The number of carbonyl (C=O) groups is 1. The molecule has 0 radical (unpaired) electrons. The first-order valence-electron chi connectivity index (χ1n) is 14.2. The molecule has 1 aliphatic carbocycles. The molecule has 38 heavy (non-hydrogen) atoms. The molecule has 0 bridgehead atoms. The number of rotatable bonds is 6. The zero-order valence-electron chi connectivity index (χ0n) is 22.6. The van der Waals surface area contributed by atoms with Crippen LogP contribution in [0.1, 0.15) is 66.1 Å². The Labute approximate surface area is 224 Å². The van der Waals surface area contributed by atoms with Crippen LogP contribution in [-0.4, -0.2) is 39.6 Å². The van der Waals surface area contributed by atoms with Gasteiger partial charge in [0, 0.05) is 48.7 Å². The van der Waals surface area contributed by atoms with Crippen molar-refractivity contribution in [2.45, 2.75) is 58.0 Å². The molecule has 0 atom stereocenters. The van der Waals surface area contributed by atoms with Gasteiger partial charge in [-0.15, -0.1) is 0 Å². The van der Waals surface area contributed by atoms with E-state index in [-0.39, 0.29) is 17.5 Å². The lowest BCUT2D eigenvalue weighted by atomic mass is 9.96. The van der Waals surface area contributed by atoms with Crippen molar-refractivity contribution in [3.8, 4) is 0 Å². The van der Waals surface area contributed by atoms with Crippen LogP contribution in [0.25, 0.3) is 21.8 Å². The molecule has 198 valence electrons. The van der Waals surface area contributed by atoms with Crippen molar-refractivity contribution in [2.75, 3.05) is 19.6 Å². The fourth-order valence-corrected chi connectivity index (χ4v) is 6.68. The number of nitrogens with zero attached hydrogens (tertiary/aromatic N) is 3. The summed E-state index contributed by atoms with van der Waals surface area (Å²) in [6.45, 7) is 5.90. The summed E-state index contributed by atoms with van der Waals surface area (Å²) in [5, 5.41) is 5.01. The molecule has 6 rings (SSSR count). The van der Waals surface area contributed by atoms with Crippen molar-refractivity contribution in [3.63, 3.8) is 0 Å². The number of nitrogens with one attached hydrogen (secondary N) is 1. The highest BCUT2D eigenvalue weighted by Crippen LogP contribution is 2.33. The van der Waals surface area contributed by atoms with E-state index >= 15 is 0 Å². The van der Waals surface area contributed by atoms with Gasteiger partial charge in [-0.3, -0.25) is 14.5 Å². The number of hydrogen-bond donors (Lipinski definition) is 1. The topological polar surface area (TPSA) is 59.3 Å². The van der Waals surface area contributed by atoms with Gasteiger partial charge >= 0.3 is 0 Å². The van der Waals surface area contributed by atoms with E-state index in [1.165, 1.54) is 11.1 Å². The van der Waals surface area contributed by atoms with Gasteiger partial charge in [-0.2, -0.15) is 0 Å². The first kappa shape index (κ1) is 24.9. The Morgan fingerprint density at radius 3 is 2.53 bits per heavy atom. The van der Waals surface area contributed by atoms with Crippen molar-refractivity contribution in [2.24, 2.45) is 13.0 Å². The summed E-state index contributed by atoms with van der Waals surface area (Å²) in [6.07, 6.45) is 8.28. The fraction of sp³-hybridized carbons (Fsp3) is 0.438. The third-order valence-corrected chi connectivity index (χ3v) is 8.79. The minimum absolute atomic E-state index is 0.0168. The average molecular weight is 511 g/mol. The first-order valence-corrected chi connectivity index (χ1v) is 14.2. The van der Waals surface area contributed by atoms with E-state index in [4.69, 9.17) is 0 Å². The number of benzene rings is 2. The highest BCUT2D eigenvalue weighted by atomic mass is 16.2. The Hall–Kier alpha value is -3.38. The molecule has 2 fully saturated rings. The van der Waals surface area contributed by atoms with E-state index in [1.54, 1.807) is 0 Å². The van der Waals surface area contributed by atoms with Crippen LogP contribution < -0.4 is 10.9 Å². The molecular formula is C32H38N4O2. The summed E-state index contributed by atoms with van der Waals surface area (Å²) in [5.74, 6) is 0.400. The van der Waals surface area contributed by atoms with E-state index in [2.05, 4.69) is 41.4 Å². The molecule has 1 saturated carbocycles. The molecule has 4 aromatic rings. The van der Waals surface area contributed by atoms with Gasteiger partial charge in [-0.1, -0.05) is 60.9 Å². The van der Waals surface area contributed by atoms with Crippen LogP contribution in [0.5, 0.6) is 0 Å². The van der Waals surface area contributed by atoms with Crippen LogP contribution in [-0.2, 0) is 13.6 Å². The van der Waals surface area contributed by atoms with Gasteiger partial charge in [0.25, 0.3) is 11.5 Å². The Morgan fingerprint density at radius 1 is 1.00 bits per heavy atom. The number of para-hydroxylation sites is 1. The predicted octanol–water partition coefficient (Wildman–Crippen LogP) is 5.56. The van der Waals surface area contributed by atoms with Gasteiger partial charge in [0.15, 0.2) is 0 Å². The molecule has 0 unspecified atom stereocenters. The summed E-state index contributed by atoms with van der Waals surface area (Å²) in [4.78, 5) is 29.9. The van der Waals surface area contributed by atoms with Crippen molar-refractivity contribution in [1.82, 2.24) is 19.4 Å². The number of hydrogen-bond acceptors (Lipinski definition) is 3. The van der Waals surface area contributed by atoms with Crippen LogP contribution in [0.4, 0.5) is 0 Å². The van der Waals surface area contributed by atoms with Gasteiger partial charge in [0.05, 0.1) is 5.56 Å². The third-order valence-electron chi connectivity index (χ3n) is 8.79. The number of pyridine rings is 1. The highest BCUT2D eigenvalue weighted by Gasteiger charge is 2.26. The molecule has 2 aliphatic rings. The standard InChI is InChI=1S/C32H38N4O2/c1-22-8-7-9-24(18-22)20-35-16-14-23(15-17-35)19-33-31(37)27-21-36(25-10-3-4-11-25)32(38)30-29(27)26-12-5-6-13-28(26)34(30)2/h5-9,12-13,18,21,23,25H,3-4,10-11,14-17,19-20H2,1-2H3,(H,33,37). The number of carbonyl (C=O) groups excluding carboxylic acids is 1. The maximum Gasteiger partial charge on any atom is 0.275 e. The van der Waals surface area contributed by atoms with Crippen LogP contribution in [0.3, 0.4) is 0 Å². The number of piperidine rings is 1. The maximum atomic E-state index is 13.7. The largest absolute Gasteiger partial charge is 0.352 e. The quantitative estimate of drug-likeness (QED) is 0.370.